The molecule has 0 spiro atoms. The zero-order valence-electron chi connectivity index (χ0n) is 9.97. The molecule has 1 aliphatic heterocycles. The fraction of sp³-hybridized carbons (Fsp3) is 0.364. The van der Waals surface area contributed by atoms with Gasteiger partial charge in [0.2, 0.25) is 0 Å². The SMILES string of the molecule is NC(=NC(=O)c1cc(Cl)nc(Cl)c1)N1CCOCC1. The zero-order chi connectivity index (χ0) is 13.8. The first kappa shape index (κ1) is 14.0. The van der Waals surface area contributed by atoms with E-state index in [1.807, 2.05) is 0 Å². The van der Waals surface area contributed by atoms with Crippen LogP contribution in [0, 0.1) is 0 Å². The molecule has 19 heavy (non-hydrogen) atoms. The predicted molar refractivity (Wildman–Crippen MR) is 72.6 cm³/mol. The van der Waals surface area contributed by atoms with Crippen LogP contribution < -0.4 is 5.73 Å². The average molecular weight is 303 g/mol. The lowest BCUT2D eigenvalue weighted by atomic mass is 10.2. The summed E-state index contributed by atoms with van der Waals surface area (Å²) < 4.78 is 5.19. The van der Waals surface area contributed by atoms with Crippen LogP contribution in [0.15, 0.2) is 17.1 Å². The van der Waals surface area contributed by atoms with Crippen molar-refractivity contribution in [3.8, 4) is 0 Å². The molecule has 0 saturated carbocycles. The molecule has 0 bridgehead atoms. The summed E-state index contributed by atoms with van der Waals surface area (Å²) in [5.74, 6) is -0.340. The number of aromatic nitrogens is 1. The molecule has 0 radical (unpaired) electrons. The van der Waals surface area contributed by atoms with E-state index in [2.05, 4.69) is 9.98 Å². The van der Waals surface area contributed by atoms with Crippen LogP contribution in [0.2, 0.25) is 10.3 Å². The van der Waals surface area contributed by atoms with Gasteiger partial charge in [0, 0.05) is 18.7 Å². The molecule has 0 atom stereocenters. The summed E-state index contributed by atoms with van der Waals surface area (Å²) in [6, 6.07) is 2.79. The number of hydrogen-bond donors (Lipinski definition) is 1. The Morgan fingerprint density at radius 1 is 1.32 bits per heavy atom. The monoisotopic (exact) mass is 302 g/mol. The lowest BCUT2D eigenvalue weighted by Gasteiger charge is -2.27. The molecule has 2 N–H and O–H groups in total. The van der Waals surface area contributed by atoms with Gasteiger partial charge in [-0.15, -0.1) is 0 Å². The van der Waals surface area contributed by atoms with Crippen LogP contribution in [0.4, 0.5) is 0 Å². The van der Waals surface area contributed by atoms with Crippen molar-refractivity contribution in [1.82, 2.24) is 9.88 Å². The highest BCUT2D eigenvalue weighted by molar-refractivity contribution is 6.33. The Hall–Kier alpha value is -1.37. The fourth-order valence-corrected chi connectivity index (χ4v) is 2.08. The van der Waals surface area contributed by atoms with Crippen LogP contribution in [0.3, 0.4) is 0 Å². The predicted octanol–water partition coefficient (Wildman–Crippen LogP) is 1.18. The summed E-state index contributed by atoms with van der Waals surface area (Å²) in [5.41, 5.74) is 6.03. The minimum absolute atomic E-state index is 0.135. The van der Waals surface area contributed by atoms with E-state index < -0.39 is 5.91 Å². The van der Waals surface area contributed by atoms with Crippen molar-refractivity contribution in [1.29, 1.82) is 0 Å². The van der Waals surface area contributed by atoms with E-state index in [0.29, 0.717) is 26.3 Å². The van der Waals surface area contributed by atoms with Crippen LogP contribution in [-0.2, 0) is 4.74 Å². The largest absolute Gasteiger partial charge is 0.378 e. The number of nitrogens with zero attached hydrogens (tertiary/aromatic N) is 3. The van der Waals surface area contributed by atoms with Gasteiger partial charge in [0.25, 0.3) is 5.91 Å². The number of aliphatic imine (C=N–C) groups is 1. The Morgan fingerprint density at radius 3 is 2.47 bits per heavy atom. The summed E-state index contributed by atoms with van der Waals surface area (Å²) in [7, 11) is 0. The van der Waals surface area contributed by atoms with Gasteiger partial charge in [0.1, 0.15) is 10.3 Å². The van der Waals surface area contributed by atoms with Gasteiger partial charge in [-0.25, -0.2) is 4.98 Å². The van der Waals surface area contributed by atoms with Gasteiger partial charge in [-0.05, 0) is 12.1 Å². The average Bonchev–Trinajstić information content (AvgIpc) is 2.38. The molecular formula is C11H12Cl2N4O2. The molecule has 102 valence electrons. The Labute approximate surface area is 120 Å². The van der Waals surface area contributed by atoms with Crippen LogP contribution >= 0.6 is 23.2 Å². The molecule has 2 heterocycles. The maximum absolute atomic E-state index is 11.9. The molecule has 0 aliphatic carbocycles. The number of guanidine groups is 1. The van der Waals surface area contributed by atoms with E-state index in [0.717, 1.165) is 0 Å². The molecule has 2 rings (SSSR count). The summed E-state index contributed by atoms with van der Waals surface area (Å²) in [6.07, 6.45) is 0. The lowest BCUT2D eigenvalue weighted by molar-refractivity contribution is 0.0671. The van der Waals surface area contributed by atoms with E-state index in [4.69, 9.17) is 33.7 Å². The maximum Gasteiger partial charge on any atom is 0.280 e. The third-order valence-corrected chi connectivity index (χ3v) is 2.95. The second-order valence-corrected chi connectivity index (χ2v) is 4.65. The number of carbonyl (C=O) groups is 1. The molecule has 1 fully saturated rings. The number of ether oxygens (including phenoxy) is 1. The van der Waals surface area contributed by atoms with Crippen LogP contribution in [0.25, 0.3) is 0 Å². The summed E-state index contributed by atoms with van der Waals surface area (Å²) in [6.45, 7) is 2.36. The maximum atomic E-state index is 11.9. The quantitative estimate of drug-likeness (QED) is 0.478. The highest BCUT2D eigenvalue weighted by atomic mass is 35.5. The van der Waals surface area contributed by atoms with E-state index in [1.165, 1.54) is 12.1 Å². The molecule has 0 aromatic carbocycles. The Balaban J connectivity index is 2.14. The second-order valence-electron chi connectivity index (χ2n) is 3.88. The van der Waals surface area contributed by atoms with E-state index in [1.54, 1.807) is 4.90 Å². The second kappa shape index (κ2) is 6.18. The van der Waals surface area contributed by atoms with Crippen LogP contribution in [0.5, 0.6) is 0 Å². The number of amides is 1. The molecule has 1 amide bonds. The van der Waals surface area contributed by atoms with Crippen molar-refractivity contribution in [2.24, 2.45) is 10.7 Å². The number of pyridine rings is 1. The van der Waals surface area contributed by atoms with Gasteiger partial charge in [-0.1, -0.05) is 23.2 Å². The summed E-state index contributed by atoms with van der Waals surface area (Å²) in [4.78, 5) is 21.3. The topological polar surface area (TPSA) is 80.8 Å². The van der Waals surface area contributed by atoms with Crippen molar-refractivity contribution in [3.05, 3.63) is 28.0 Å². The smallest absolute Gasteiger partial charge is 0.280 e. The van der Waals surface area contributed by atoms with E-state index in [-0.39, 0.29) is 21.8 Å². The molecule has 0 unspecified atom stereocenters. The third kappa shape index (κ3) is 3.79. The fourth-order valence-electron chi connectivity index (χ4n) is 1.62. The minimum atomic E-state index is -0.504. The first-order chi connectivity index (χ1) is 9.06. The number of nitrogens with two attached hydrogens (primary N) is 1. The van der Waals surface area contributed by atoms with Gasteiger partial charge >= 0.3 is 0 Å². The first-order valence-corrected chi connectivity index (χ1v) is 6.36. The van der Waals surface area contributed by atoms with E-state index >= 15 is 0 Å². The van der Waals surface area contributed by atoms with Crippen molar-refractivity contribution in [2.75, 3.05) is 26.3 Å². The molecular weight excluding hydrogens is 291 g/mol. The van der Waals surface area contributed by atoms with E-state index in [9.17, 15) is 4.79 Å². The number of rotatable bonds is 1. The van der Waals surface area contributed by atoms with Gasteiger partial charge in [-0.3, -0.25) is 4.79 Å². The molecule has 1 aromatic heterocycles. The number of morpholine rings is 1. The van der Waals surface area contributed by atoms with Crippen molar-refractivity contribution in [3.63, 3.8) is 0 Å². The Bertz CT molecular complexity index is 495. The van der Waals surface area contributed by atoms with Crippen molar-refractivity contribution >= 4 is 35.1 Å². The summed E-state index contributed by atoms with van der Waals surface area (Å²) >= 11 is 11.4. The van der Waals surface area contributed by atoms with Crippen LogP contribution in [-0.4, -0.2) is 48.1 Å². The zero-order valence-corrected chi connectivity index (χ0v) is 11.5. The Kier molecular flexibility index (Phi) is 4.57. The lowest BCUT2D eigenvalue weighted by Crippen LogP contribution is -2.45. The van der Waals surface area contributed by atoms with Gasteiger partial charge in [0.05, 0.1) is 13.2 Å². The van der Waals surface area contributed by atoms with Crippen LogP contribution in [0.1, 0.15) is 10.4 Å². The Morgan fingerprint density at radius 2 is 1.89 bits per heavy atom. The van der Waals surface area contributed by atoms with Gasteiger partial charge in [-0.2, -0.15) is 4.99 Å². The number of carbonyl (C=O) groups excluding carboxylic acids is 1. The highest BCUT2D eigenvalue weighted by Gasteiger charge is 2.15. The standard InChI is InChI=1S/C11H12Cl2N4O2/c12-8-5-7(6-9(13)15-8)10(18)16-11(14)17-1-3-19-4-2-17/h5-6H,1-4H2,(H2,14,16,18). The van der Waals surface area contributed by atoms with Gasteiger partial charge < -0.3 is 15.4 Å². The normalized spacial score (nSPS) is 16.5. The summed E-state index contributed by atoms with van der Waals surface area (Å²) in [5, 5.41) is 0.270. The third-order valence-electron chi connectivity index (χ3n) is 2.56. The molecule has 6 nitrogen and oxygen atoms in total. The highest BCUT2D eigenvalue weighted by Crippen LogP contribution is 2.15. The molecule has 8 heteroatoms. The van der Waals surface area contributed by atoms with Crippen molar-refractivity contribution < 1.29 is 9.53 Å². The minimum Gasteiger partial charge on any atom is -0.378 e. The molecule has 1 aliphatic rings. The molecule has 1 saturated heterocycles. The number of hydrogen-bond acceptors (Lipinski definition) is 3. The molecule has 1 aromatic rings. The first-order valence-electron chi connectivity index (χ1n) is 5.60. The van der Waals surface area contributed by atoms with Gasteiger partial charge in [0.15, 0.2) is 5.96 Å². The van der Waals surface area contributed by atoms with Crippen molar-refractivity contribution in [2.45, 2.75) is 0 Å². The number of halogens is 2.